The first-order chi connectivity index (χ1) is 32.3. The van der Waals surface area contributed by atoms with Crippen LogP contribution >= 0.6 is 0 Å². The zero-order chi connectivity index (χ0) is 49.4. The third-order valence-electron chi connectivity index (χ3n) is 13.0. The molecule has 2 heterocycles. The fraction of sp³-hybridized carbons (Fsp3) is 0.431. The third-order valence-corrected chi connectivity index (χ3v) is 13.0. The number of pyridine rings is 2. The smallest absolute Gasteiger partial charge is 0.246 e. The van der Waals surface area contributed by atoms with Crippen molar-refractivity contribution in [3.05, 3.63) is 142 Å². The Morgan fingerprint density at radius 2 is 1.14 bits per heavy atom. The van der Waals surface area contributed by atoms with Gasteiger partial charge in [0.05, 0.1) is 11.2 Å². The maximum atomic E-state index is 12.9. The fourth-order valence-electron chi connectivity index (χ4n) is 9.60. The van der Waals surface area contributed by atoms with Gasteiger partial charge >= 0.3 is 0 Å². The molecule has 0 bridgehead atoms. The van der Waals surface area contributed by atoms with Crippen LogP contribution in [0.4, 0.5) is 8.78 Å². The largest absolute Gasteiger partial charge is 0.512 e. The van der Waals surface area contributed by atoms with Gasteiger partial charge in [-0.05, 0) is 120 Å². The Bertz CT molecular complexity index is 2580. The van der Waals surface area contributed by atoms with Gasteiger partial charge in [0.25, 0.3) is 0 Å². The second-order valence-corrected chi connectivity index (χ2v) is 18.3. The van der Waals surface area contributed by atoms with Gasteiger partial charge < -0.3 is 15.1 Å². The SMILES string of the molecule is CCC(CC)C(=O)/C=C(\O)C(CC)CC(C)(F)F.[2H]c1nc(-c2[c-]c(C)cc(C)c2)c2ccc(C3CCCC3)cc2c1[2H].[2H]c1nc(-c2[c-]c(C)cc(C)c2)c2ccc(C3CCCC3)cc2c1[2H].[Ir]. The molecule has 0 amide bonds. The summed E-state index contributed by atoms with van der Waals surface area (Å²) in [6, 6.07) is 28.3. The summed E-state index contributed by atoms with van der Waals surface area (Å²) in [5, 5.41) is 13.4. The van der Waals surface area contributed by atoms with E-state index in [-0.39, 0.29) is 62.0 Å². The number of hydrogen-bond donors (Lipinski definition) is 1. The maximum Gasteiger partial charge on any atom is 0.246 e. The van der Waals surface area contributed by atoms with Gasteiger partial charge in [-0.1, -0.05) is 111 Å². The molecule has 0 spiro atoms. The molecule has 8 rings (SSSR count). The van der Waals surface area contributed by atoms with Crippen LogP contribution in [0.2, 0.25) is 0 Å². The summed E-state index contributed by atoms with van der Waals surface area (Å²) in [6.45, 7) is 14.5. The van der Waals surface area contributed by atoms with Crippen LogP contribution in [0, 0.1) is 51.7 Å². The summed E-state index contributed by atoms with van der Waals surface area (Å²) in [4.78, 5) is 20.6. The van der Waals surface area contributed by atoms with E-state index in [9.17, 15) is 18.7 Å². The van der Waals surface area contributed by atoms with Gasteiger partial charge in [0.15, 0.2) is 5.78 Å². The van der Waals surface area contributed by atoms with Crippen LogP contribution in [-0.4, -0.2) is 26.8 Å². The van der Waals surface area contributed by atoms with E-state index in [1.807, 2.05) is 27.7 Å². The maximum absolute atomic E-state index is 12.9. The first kappa shape index (κ1) is 45.6. The minimum Gasteiger partial charge on any atom is -0.512 e. The van der Waals surface area contributed by atoms with Crippen molar-refractivity contribution in [1.29, 1.82) is 0 Å². The van der Waals surface area contributed by atoms with Gasteiger partial charge in [-0.3, -0.25) is 4.79 Å². The molecule has 65 heavy (non-hydrogen) atoms. The van der Waals surface area contributed by atoms with Crippen LogP contribution < -0.4 is 0 Å². The molecule has 1 atom stereocenters. The Balaban J connectivity index is 0.000000195. The number of rotatable bonds is 12. The number of carbonyl (C=O) groups is 1. The van der Waals surface area contributed by atoms with Crippen molar-refractivity contribution in [2.75, 3.05) is 0 Å². The number of carbonyl (C=O) groups excluding carboxylic acids is 1. The predicted octanol–water partition coefficient (Wildman–Crippen LogP) is 16.5. The number of aryl methyl sites for hydroxylation is 4. The number of aromatic nitrogens is 2. The van der Waals surface area contributed by atoms with E-state index in [2.05, 4.69) is 96.6 Å². The minimum absolute atomic E-state index is 0. The van der Waals surface area contributed by atoms with E-state index in [1.165, 1.54) is 62.5 Å². The number of fused-ring (bicyclic) bond motifs is 2. The molecular formula is C58H68F2IrN2O2-2. The molecule has 2 fully saturated rings. The summed E-state index contributed by atoms with van der Waals surface area (Å²) in [5.41, 5.74) is 10.4. The topological polar surface area (TPSA) is 63.1 Å². The molecule has 0 saturated heterocycles. The van der Waals surface area contributed by atoms with Crippen molar-refractivity contribution < 1.29 is 44.3 Å². The molecule has 4 aromatic carbocycles. The van der Waals surface area contributed by atoms with E-state index in [4.69, 9.17) is 5.48 Å². The number of hydrogen-bond acceptors (Lipinski definition) is 4. The Kier molecular flexibility index (Phi) is 16.6. The van der Waals surface area contributed by atoms with Crippen molar-refractivity contribution in [3.8, 4) is 22.5 Å². The fourth-order valence-corrected chi connectivity index (χ4v) is 9.60. The Morgan fingerprint density at radius 1 is 0.723 bits per heavy atom. The standard InChI is InChI=1S/2C22H22N.C14H24F2O2.Ir/c2*1-15-11-16(2)13-20(12-15)22-21-8-7-18(17-5-3-4-6-17)14-19(21)9-10-23-22;1-5-10(6-2)12(17)8-13(18)11(7-3)9-14(4,15)16;/h2*7-12,14,17H,3-6H2,1-2H3;8,10-11,18H,5-7,9H2,1-4H3;/q2*-1;;/b;;13-8-;/i2*9D,10D;;. The Hall–Kier alpha value is -4.58. The Morgan fingerprint density at radius 3 is 1.51 bits per heavy atom. The van der Waals surface area contributed by atoms with Gasteiger partial charge in [-0.2, -0.15) is 0 Å². The second kappa shape index (κ2) is 23.7. The minimum atomic E-state index is -2.83. The van der Waals surface area contributed by atoms with Crippen LogP contribution in [0.15, 0.2) is 96.9 Å². The van der Waals surface area contributed by atoms with E-state index < -0.39 is 18.3 Å². The first-order valence-corrected chi connectivity index (χ1v) is 23.5. The average molecular weight is 1060 g/mol. The number of nitrogens with zero attached hydrogens (tertiary/aromatic N) is 2. The first-order valence-electron chi connectivity index (χ1n) is 25.5. The summed E-state index contributed by atoms with van der Waals surface area (Å²) in [6.07, 6.45) is 12.7. The Labute approximate surface area is 406 Å². The van der Waals surface area contributed by atoms with Crippen LogP contribution in [-0.2, 0) is 24.9 Å². The van der Waals surface area contributed by atoms with Crippen LogP contribution in [0.1, 0.15) is 155 Å². The number of allylic oxidation sites excluding steroid dienone is 2. The van der Waals surface area contributed by atoms with Crippen molar-refractivity contribution >= 4 is 27.3 Å². The molecule has 347 valence electrons. The van der Waals surface area contributed by atoms with Crippen LogP contribution in [0.25, 0.3) is 44.1 Å². The number of halogens is 2. The second-order valence-electron chi connectivity index (χ2n) is 18.3. The van der Waals surface area contributed by atoms with E-state index >= 15 is 0 Å². The predicted molar refractivity (Wildman–Crippen MR) is 262 cm³/mol. The normalized spacial score (nSPS) is 15.9. The third kappa shape index (κ3) is 14.0. The average Bonchev–Trinajstić information content (AvgIpc) is 4.04. The van der Waals surface area contributed by atoms with Crippen molar-refractivity contribution in [3.63, 3.8) is 0 Å². The molecule has 1 N–H and O–H groups in total. The quantitative estimate of drug-likeness (QED) is 0.0754. The molecule has 2 aliphatic carbocycles. The summed E-state index contributed by atoms with van der Waals surface area (Å²) < 4.78 is 58.9. The zero-order valence-corrected chi connectivity index (χ0v) is 41.9. The van der Waals surface area contributed by atoms with Crippen molar-refractivity contribution in [1.82, 2.24) is 9.97 Å². The molecule has 4 nitrogen and oxygen atoms in total. The zero-order valence-electron chi connectivity index (χ0n) is 43.5. The number of alkyl halides is 2. The van der Waals surface area contributed by atoms with Gasteiger partial charge in [0.2, 0.25) is 5.92 Å². The number of ketones is 1. The van der Waals surface area contributed by atoms with Crippen molar-refractivity contribution in [2.45, 2.75) is 150 Å². The molecule has 1 unspecified atom stereocenters. The van der Waals surface area contributed by atoms with Gasteiger partial charge in [-0.15, -0.1) is 69.8 Å². The van der Waals surface area contributed by atoms with E-state index in [1.54, 1.807) is 6.92 Å². The summed E-state index contributed by atoms with van der Waals surface area (Å²) in [5.74, 6) is -2.80. The van der Waals surface area contributed by atoms with Crippen molar-refractivity contribution in [2.24, 2.45) is 11.8 Å². The number of aliphatic hydroxyl groups is 1. The monoisotopic (exact) mass is 1060 g/mol. The molecule has 1 radical (unpaired) electrons. The number of benzene rings is 4. The van der Waals surface area contributed by atoms with Gasteiger partial charge in [0, 0.05) is 56.8 Å². The van der Waals surface area contributed by atoms with Gasteiger partial charge in [-0.25, -0.2) is 8.78 Å². The van der Waals surface area contributed by atoms with Crippen LogP contribution in [0.3, 0.4) is 0 Å². The van der Waals surface area contributed by atoms with Crippen LogP contribution in [0.5, 0.6) is 0 Å². The molecule has 7 heteroatoms. The molecule has 2 aliphatic rings. The molecule has 6 aromatic rings. The molecule has 0 aliphatic heterocycles. The van der Waals surface area contributed by atoms with Gasteiger partial charge in [0.1, 0.15) is 0 Å². The molecular weight excluding hydrogens is 987 g/mol. The van der Waals surface area contributed by atoms with E-state index in [0.29, 0.717) is 31.1 Å². The molecule has 2 saturated carbocycles. The summed E-state index contributed by atoms with van der Waals surface area (Å²) >= 11 is 0. The molecule has 2 aromatic heterocycles. The summed E-state index contributed by atoms with van der Waals surface area (Å²) in [7, 11) is 0. The van der Waals surface area contributed by atoms with E-state index in [0.717, 1.165) is 79.3 Å². The number of aliphatic hydroxyl groups excluding tert-OH is 1.